The molecule has 0 aromatic heterocycles. The first kappa shape index (κ1) is 22.9. The van der Waals surface area contributed by atoms with Crippen molar-refractivity contribution >= 4 is 8.32 Å². The van der Waals surface area contributed by atoms with Crippen molar-refractivity contribution in [2.24, 2.45) is 34.5 Å². The summed E-state index contributed by atoms with van der Waals surface area (Å²) in [5.74, 6) is 5.80. The molecule has 3 heteroatoms. The Morgan fingerprint density at radius 3 is 2.27 bits per heavy atom. The van der Waals surface area contributed by atoms with E-state index in [1.807, 2.05) is 0 Å². The first-order chi connectivity index (χ1) is 13.8. The lowest BCUT2D eigenvalue weighted by Crippen LogP contribution is -2.57. The van der Waals surface area contributed by atoms with Gasteiger partial charge in [-0.3, -0.25) is 0 Å². The summed E-state index contributed by atoms with van der Waals surface area (Å²) in [6, 6.07) is 0. The van der Waals surface area contributed by atoms with Gasteiger partial charge in [0.1, 0.15) is 5.60 Å². The van der Waals surface area contributed by atoms with Gasteiger partial charge in [-0.25, -0.2) is 0 Å². The van der Waals surface area contributed by atoms with Crippen LogP contribution in [0.1, 0.15) is 92.4 Å². The molecule has 0 saturated heterocycles. The number of terminal acetylenes is 1. The highest BCUT2D eigenvalue weighted by molar-refractivity contribution is 6.74. The highest BCUT2D eigenvalue weighted by Gasteiger charge is 2.64. The molecule has 4 aliphatic carbocycles. The second kappa shape index (κ2) is 7.10. The zero-order valence-electron chi connectivity index (χ0n) is 20.7. The molecule has 0 bridgehead atoms. The van der Waals surface area contributed by atoms with Gasteiger partial charge in [0.05, 0.1) is 0 Å². The van der Waals surface area contributed by atoms with Gasteiger partial charge in [0.25, 0.3) is 0 Å². The van der Waals surface area contributed by atoms with Gasteiger partial charge in [0.2, 0.25) is 0 Å². The first-order valence-corrected chi connectivity index (χ1v) is 15.6. The molecule has 0 spiro atoms. The summed E-state index contributed by atoms with van der Waals surface area (Å²) in [5, 5.41) is 11.5. The molecule has 0 amide bonds. The van der Waals surface area contributed by atoms with Gasteiger partial charge < -0.3 is 9.53 Å². The third kappa shape index (κ3) is 3.19. The van der Waals surface area contributed by atoms with Crippen LogP contribution in [0.25, 0.3) is 0 Å². The van der Waals surface area contributed by atoms with Crippen LogP contribution in [0.5, 0.6) is 0 Å². The molecule has 30 heavy (non-hydrogen) atoms. The minimum atomic E-state index is -1.70. The monoisotopic (exact) mass is 430 g/mol. The Morgan fingerprint density at radius 2 is 1.63 bits per heavy atom. The summed E-state index contributed by atoms with van der Waals surface area (Å²) in [5.41, 5.74) is -0.502. The van der Waals surface area contributed by atoms with E-state index in [1.165, 1.54) is 38.5 Å². The van der Waals surface area contributed by atoms with E-state index in [0.717, 1.165) is 37.0 Å². The van der Waals surface area contributed by atoms with Crippen LogP contribution in [-0.4, -0.2) is 25.1 Å². The molecule has 8 atom stereocenters. The molecule has 0 heterocycles. The van der Waals surface area contributed by atoms with Gasteiger partial charge in [-0.05, 0) is 105 Å². The molecule has 0 unspecified atom stereocenters. The zero-order chi connectivity index (χ0) is 22.2. The molecule has 4 saturated carbocycles. The first-order valence-electron chi connectivity index (χ1n) is 12.7. The predicted molar refractivity (Wildman–Crippen MR) is 128 cm³/mol. The van der Waals surface area contributed by atoms with Gasteiger partial charge in [-0.2, -0.15) is 0 Å². The van der Waals surface area contributed by atoms with E-state index in [2.05, 4.69) is 53.6 Å². The molecule has 4 rings (SSSR count). The molecular formula is C27H46O2Si. The average molecular weight is 431 g/mol. The van der Waals surface area contributed by atoms with Crippen molar-refractivity contribution < 1.29 is 9.53 Å². The van der Waals surface area contributed by atoms with Gasteiger partial charge in [-0.15, -0.1) is 6.42 Å². The molecule has 0 radical (unpaired) electrons. The minimum Gasteiger partial charge on any atom is -0.414 e. The van der Waals surface area contributed by atoms with Gasteiger partial charge in [0.15, 0.2) is 8.32 Å². The number of aliphatic hydroxyl groups is 1. The Bertz CT molecular complexity index is 717. The highest BCUT2D eigenvalue weighted by Crippen LogP contribution is 2.68. The number of fused-ring (bicyclic) bond motifs is 5. The van der Waals surface area contributed by atoms with Crippen molar-refractivity contribution in [1.29, 1.82) is 0 Å². The highest BCUT2D eigenvalue weighted by atomic mass is 28.4. The summed E-state index contributed by atoms with van der Waals surface area (Å²) in [4.78, 5) is 0. The molecule has 0 aliphatic heterocycles. The summed E-state index contributed by atoms with van der Waals surface area (Å²) in [7, 11) is -1.70. The number of rotatable bonds is 2. The van der Waals surface area contributed by atoms with Crippen LogP contribution in [-0.2, 0) is 4.43 Å². The molecule has 4 aliphatic rings. The molecule has 0 aromatic rings. The van der Waals surface area contributed by atoms with Crippen molar-refractivity contribution in [2.75, 3.05) is 0 Å². The summed E-state index contributed by atoms with van der Waals surface area (Å²) < 4.78 is 6.88. The second-order valence-electron chi connectivity index (χ2n) is 13.4. The van der Waals surface area contributed by atoms with Crippen molar-refractivity contribution in [3.8, 4) is 12.3 Å². The fourth-order valence-electron chi connectivity index (χ4n) is 8.17. The van der Waals surface area contributed by atoms with Crippen molar-refractivity contribution in [3.63, 3.8) is 0 Å². The molecule has 0 aromatic carbocycles. The number of hydrogen-bond acceptors (Lipinski definition) is 2. The fourth-order valence-corrected chi connectivity index (χ4v) is 9.57. The maximum atomic E-state index is 11.2. The van der Waals surface area contributed by atoms with E-state index in [1.54, 1.807) is 0 Å². The topological polar surface area (TPSA) is 29.5 Å². The van der Waals surface area contributed by atoms with Crippen LogP contribution >= 0.6 is 0 Å². The van der Waals surface area contributed by atoms with E-state index < -0.39 is 13.9 Å². The van der Waals surface area contributed by atoms with Crippen LogP contribution < -0.4 is 0 Å². The molecule has 1 N–H and O–H groups in total. The standard InChI is InChI=1S/C27H46O2Si/c1-9-27(28)17-14-23-21-11-10-19-18-20(29-30(7,8)24(2,3)4)12-15-25(19,5)22(21)13-16-26(23,27)6/h1,19-23,28H,10-18H2,2-8H3/t19-,20-,21+,22-,23-,25-,26-,27-/m0/s1. The maximum Gasteiger partial charge on any atom is 0.192 e. The van der Waals surface area contributed by atoms with E-state index in [4.69, 9.17) is 10.8 Å². The fraction of sp³-hybridized carbons (Fsp3) is 0.926. The lowest BCUT2D eigenvalue weighted by atomic mass is 9.44. The predicted octanol–water partition coefficient (Wildman–Crippen LogP) is 6.78. The maximum absolute atomic E-state index is 11.2. The average Bonchev–Trinajstić information content (AvgIpc) is 2.93. The Kier molecular flexibility index (Phi) is 5.41. The van der Waals surface area contributed by atoms with Gasteiger partial charge in [0, 0.05) is 11.5 Å². The SMILES string of the molecule is C#C[C@]1(O)CC[C@H]2[C@@H]3CC[C@H]4C[C@@H](O[Si](C)(C)C(C)(C)C)CC[C@]4(C)[C@H]3CC[C@@]21C. The van der Waals surface area contributed by atoms with Crippen molar-refractivity contribution in [2.45, 2.75) is 122 Å². The molecular weight excluding hydrogens is 384 g/mol. The third-order valence-corrected chi connectivity index (χ3v) is 15.8. The summed E-state index contributed by atoms with van der Waals surface area (Å²) in [6.07, 6.45) is 17.1. The summed E-state index contributed by atoms with van der Waals surface area (Å²) in [6.45, 7) is 16.8. The molecule has 4 fully saturated rings. The van der Waals surface area contributed by atoms with Crippen LogP contribution in [0.2, 0.25) is 18.1 Å². The lowest BCUT2D eigenvalue weighted by molar-refractivity contribution is -0.143. The van der Waals surface area contributed by atoms with Crippen molar-refractivity contribution in [3.05, 3.63) is 0 Å². The van der Waals surface area contributed by atoms with Crippen LogP contribution in [0.15, 0.2) is 0 Å². The van der Waals surface area contributed by atoms with Crippen LogP contribution in [0, 0.1) is 46.8 Å². The Balaban J connectivity index is 1.50. The Morgan fingerprint density at radius 1 is 0.967 bits per heavy atom. The van der Waals surface area contributed by atoms with Crippen LogP contribution in [0.3, 0.4) is 0 Å². The summed E-state index contributed by atoms with van der Waals surface area (Å²) >= 11 is 0. The third-order valence-electron chi connectivity index (χ3n) is 11.3. The minimum absolute atomic E-state index is 0.0746. The van der Waals surface area contributed by atoms with Crippen molar-refractivity contribution in [1.82, 2.24) is 0 Å². The molecule has 2 nitrogen and oxygen atoms in total. The van der Waals surface area contributed by atoms with Gasteiger partial charge >= 0.3 is 0 Å². The smallest absolute Gasteiger partial charge is 0.192 e. The largest absolute Gasteiger partial charge is 0.414 e. The Hall–Kier alpha value is -0.303. The zero-order valence-corrected chi connectivity index (χ0v) is 21.7. The van der Waals surface area contributed by atoms with Gasteiger partial charge in [-0.1, -0.05) is 40.5 Å². The number of hydrogen-bond donors (Lipinski definition) is 1. The van der Waals surface area contributed by atoms with Crippen LogP contribution in [0.4, 0.5) is 0 Å². The molecule has 170 valence electrons. The second-order valence-corrected chi connectivity index (χ2v) is 18.2. The Labute approximate surface area is 187 Å². The van der Waals surface area contributed by atoms with E-state index >= 15 is 0 Å². The van der Waals surface area contributed by atoms with E-state index in [9.17, 15) is 5.11 Å². The van der Waals surface area contributed by atoms with E-state index in [-0.39, 0.29) is 10.5 Å². The van der Waals surface area contributed by atoms with E-state index in [0.29, 0.717) is 17.4 Å². The quantitative estimate of drug-likeness (QED) is 0.386. The normalized spacial score (nSPS) is 49.0. The lowest BCUT2D eigenvalue weighted by Gasteiger charge is -2.61.